The van der Waals surface area contributed by atoms with Crippen molar-refractivity contribution < 1.29 is 20.1 Å². The molecule has 4 nitrogen and oxygen atoms in total. The van der Waals surface area contributed by atoms with Gasteiger partial charge >= 0.3 is 0 Å². The predicted octanol–water partition coefficient (Wildman–Crippen LogP) is 1.50. The Morgan fingerprint density at radius 1 is 1.50 bits per heavy atom. The van der Waals surface area contributed by atoms with E-state index in [-0.39, 0.29) is 11.8 Å². The Labute approximate surface area is 135 Å². The van der Waals surface area contributed by atoms with Gasteiger partial charge in [0.15, 0.2) is 11.5 Å². The second-order valence-corrected chi connectivity index (χ2v) is 6.79. The molecule has 5 rings (SSSR count). The first-order chi connectivity index (χ1) is 12.2. The van der Waals surface area contributed by atoms with E-state index >= 15 is 0 Å². The van der Waals surface area contributed by atoms with E-state index in [2.05, 4.69) is 4.90 Å². The molecule has 1 N–H and O–H groups in total. The van der Waals surface area contributed by atoms with Gasteiger partial charge in [0.05, 0.1) is 11.2 Å². The molecule has 0 amide bonds. The molecule has 4 heteroatoms. The molecule has 22 heavy (non-hydrogen) atoms. The van der Waals surface area contributed by atoms with Gasteiger partial charge in [0.1, 0.15) is 12.2 Å². The first-order valence-corrected chi connectivity index (χ1v) is 7.77. The van der Waals surface area contributed by atoms with Crippen LogP contribution in [0.3, 0.4) is 0 Å². The van der Waals surface area contributed by atoms with E-state index in [0.717, 1.165) is 17.7 Å². The summed E-state index contributed by atoms with van der Waals surface area (Å²) in [6, 6.07) is 3.52. The molecular formula is C18H21NO3. The lowest BCUT2D eigenvalue weighted by atomic mass is 9.53. The van der Waals surface area contributed by atoms with Gasteiger partial charge in [-0.1, -0.05) is 18.2 Å². The number of aliphatic hydroxyl groups excluding tert-OH is 1. The SMILES string of the molecule is [2H]C([2H])([2H])Oc1ccc2c3c1OC1C(O)C=C[C@@]4([2H])[C@@H](C2)N(C)CC[C@]314. The van der Waals surface area contributed by atoms with E-state index in [1.165, 1.54) is 0 Å². The number of methoxy groups -OCH3 is 1. The third-order valence-corrected chi connectivity index (χ3v) is 5.96. The van der Waals surface area contributed by atoms with Crippen molar-refractivity contribution in [3.8, 4) is 11.5 Å². The molecule has 4 aliphatic rings. The van der Waals surface area contributed by atoms with Gasteiger partial charge in [-0.15, -0.1) is 0 Å². The number of aliphatic hydroxyl groups is 1. The van der Waals surface area contributed by atoms with E-state index in [1.807, 2.05) is 19.2 Å². The van der Waals surface area contributed by atoms with Gasteiger partial charge in [-0.3, -0.25) is 0 Å². The minimum Gasteiger partial charge on any atom is -0.493 e. The number of ether oxygens (including phenoxy) is 2. The zero-order valence-electron chi connectivity index (χ0n) is 16.4. The molecule has 2 unspecified atom stereocenters. The Morgan fingerprint density at radius 2 is 2.41 bits per heavy atom. The van der Waals surface area contributed by atoms with Crippen molar-refractivity contribution in [3.05, 3.63) is 35.4 Å². The highest BCUT2D eigenvalue weighted by Crippen LogP contribution is 2.62. The summed E-state index contributed by atoms with van der Waals surface area (Å²) in [5.74, 6) is -0.369. The lowest BCUT2D eigenvalue weighted by Crippen LogP contribution is -2.64. The summed E-state index contributed by atoms with van der Waals surface area (Å²) < 4.78 is 43.0. The van der Waals surface area contributed by atoms with Crippen molar-refractivity contribution in [2.45, 2.75) is 36.5 Å². The van der Waals surface area contributed by atoms with Gasteiger partial charge in [-0.05, 0) is 38.1 Å². The van der Waals surface area contributed by atoms with Crippen LogP contribution in [0, 0.1) is 5.89 Å². The molecule has 1 saturated heterocycles. The lowest BCUT2D eigenvalue weighted by Gasteiger charge is -2.56. The Kier molecular flexibility index (Phi) is 1.77. The zero-order valence-corrected chi connectivity index (χ0v) is 12.4. The molecule has 1 fully saturated rings. The predicted molar refractivity (Wildman–Crippen MR) is 82.5 cm³/mol. The molecule has 0 saturated carbocycles. The lowest BCUT2D eigenvalue weighted by molar-refractivity contribution is -0.0453. The first kappa shape index (κ1) is 9.58. The summed E-state index contributed by atoms with van der Waals surface area (Å²) in [7, 11) is -0.548. The summed E-state index contributed by atoms with van der Waals surface area (Å²) in [6.45, 7) is 0.801. The highest BCUT2D eigenvalue weighted by molar-refractivity contribution is 5.62. The van der Waals surface area contributed by atoms with Crippen LogP contribution < -0.4 is 9.47 Å². The zero-order chi connectivity index (χ0) is 18.5. The van der Waals surface area contributed by atoms with E-state index in [4.69, 9.17) is 13.6 Å². The summed E-state index contributed by atoms with van der Waals surface area (Å²) in [5.41, 5.74) is 1.24. The molecule has 0 aromatic heterocycles. The Bertz CT molecular complexity index is 825. The number of piperidine rings is 1. The molecule has 1 aromatic rings. The molecule has 0 radical (unpaired) electrons. The van der Waals surface area contributed by atoms with Crippen LogP contribution in [0.5, 0.6) is 11.5 Å². The van der Waals surface area contributed by atoms with Crippen LogP contribution in [0.25, 0.3) is 0 Å². The second kappa shape index (κ2) is 4.06. The summed E-state index contributed by atoms with van der Waals surface area (Å²) in [4.78, 5) is 2.21. The van der Waals surface area contributed by atoms with E-state index < -0.39 is 30.6 Å². The first-order valence-electron chi connectivity index (χ1n) is 9.77. The van der Waals surface area contributed by atoms with Crippen LogP contribution in [0.1, 0.15) is 23.0 Å². The maximum Gasteiger partial charge on any atom is 0.165 e. The topological polar surface area (TPSA) is 41.9 Å². The second-order valence-electron chi connectivity index (χ2n) is 6.79. The monoisotopic (exact) mass is 303 g/mol. The maximum absolute atomic E-state index is 10.6. The fraction of sp³-hybridized carbons (Fsp3) is 0.556. The Balaban J connectivity index is 1.78. The smallest absolute Gasteiger partial charge is 0.165 e. The van der Waals surface area contributed by atoms with Gasteiger partial charge in [-0.25, -0.2) is 0 Å². The average molecular weight is 303 g/mol. The number of likely N-dealkylation sites (tertiary alicyclic amines) is 1. The van der Waals surface area contributed by atoms with Crippen molar-refractivity contribution in [2.24, 2.45) is 5.89 Å². The molecule has 5 atom stereocenters. The third-order valence-electron chi connectivity index (χ3n) is 5.96. The Hall–Kier alpha value is -1.52. The van der Waals surface area contributed by atoms with Crippen molar-refractivity contribution in [1.82, 2.24) is 4.90 Å². The molecule has 2 aliphatic carbocycles. The molecule has 2 aliphatic heterocycles. The minimum atomic E-state index is -2.58. The quantitative estimate of drug-likeness (QED) is 0.799. The highest BCUT2D eigenvalue weighted by atomic mass is 16.5. The fourth-order valence-electron chi connectivity index (χ4n) is 4.99. The number of rotatable bonds is 1. The molecule has 1 aromatic carbocycles. The third kappa shape index (κ3) is 1.28. The van der Waals surface area contributed by atoms with Crippen LogP contribution in [0.2, 0.25) is 0 Å². The average Bonchev–Trinajstić information content (AvgIpc) is 2.90. The standard InChI is InChI=1S/C18H21NO3/c1-19-8-7-18-11-4-5-13(20)17(18)22-16-14(21-2)6-3-10(15(16)18)9-12(11)19/h3-6,11-13,17,20H,7-9H2,1-2H3/t11-,12+,13?,17?,18-/m0/s1/i2D3,11D. The van der Waals surface area contributed by atoms with E-state index in [1.54, 1.807) is 12.1 Å². The molecule has 1 spiro atoms. The molecular weight excluding hydrogens is 278 g/mol. The summed E-state index contributed by atoms with van der Waals surface area (Å²) >= 11 is 0. The minimum absolute atomic E-state index is 0.0149. The van der Waals surface area contributed by atoms with Crippen LogP contribution >= 0.6 is 0 Å². The Morgan fingerprint density at radius 3 is 3.27 bits per heavy atom. The largest absolute Gasteiger partial charge is 0.493 e. The number of hydrogen-bond donors (Lipinski definition) is 1. The fourth-order valence-corrected chi connectivity index (χ4v) is 4.99. The van der Waals surface area contributed by atoms with Gasteiger partial charge in [-0.2, -0.15) is 0 Å². The van der Waals surface area contributed by atoms with Crippen molar-refractivity contribution in [2.75, 3.05) is 20.6 Å². The van der Waals surface area contributed by atoms with E-state index in [0.29, 0.717) is 18.6 Å². The van der Waals surface area contributed by atoms with Gasteiger partial charge in [0.2, 0.25) is 0 Å². The van der Waals surface area contributed by atoms with Crippen LogP contribution in [-0.2, 0) is 11.8 Å². The van der Waals surface area contributed by atoms with Crippen molar-refractivity contribution in [1.29, 1.82) is 0 Å². The van der Waals surface area contributed by atoms with Crippen LogP contribution in [0.4, 0.5) is 0 Å². The van der Waals surface area contributed by atoms with Gasteiger partial charge < -0.3 is 19.5 Å². The van der Waals surface area contributed by atoms with Crippen LogP contribution in [0.15, 0.2) is 24.3 Å². The molecule has 2 heterocycles. The number of likely N-dealkylation sites (N-methyl/N-ethyl adjacent to an activating group) is 1. The number of nitrogens with zero attached hydrogens (tertiary/aromatic N) is 1. The molecule has 116 valence electrons. The number of benzene rings is 1. The maximum atomic E-state index is 10.6. The summed E-state index contributed by atoms with van der Waals surface area (Å²) in [5, 5.41) is 10.6. The normalized spacial score (nSPS) is 47.6. The van der Waals surface area contributed by atoms with Crippen molar-refractivity contribution >= 4 is 0 Å². The van der Waals surface area contributed by atoms with Gasteiger partial charge in [0.25, 0.3) is 0 Å². The van der Waals surface area contributed by atoms with Gasteiger partial charge in [0, 0.05) is 24.3 Å². The highest BCUT2D eigenvalue weighted by Gasteiger charge is 2.64. The van der Waals surface area contributed by atoms with Crippen molar-refractivity contribution in [3.63, 3.8) is 0 Å². The van der Waals surface area contributed by atoms with E-state index in [9.17, 15) is 6.48 Å². The summed E-state index contributed by atoms with van der Waals surface area (Å²) in [6.07, 6.45) is 3.41. The molecule has 2 bridgehead atoms. The van der Waals surface area contributed by atoms with Crippen LogP contribution in [-0.4, -0.2) is 48.9 Å². The number of hydrogen-bond acceptors (Lipinski definition) is 4.